The average Bonchev–Trinajstić information content (AvgIpc) is 3.84. The molecule has 4 spiro atoms. The molecule has 2 heterocycles. The molecule has 2 aliphatic heterocycles. The summed E-state index contributed by atoms with van der Waals surface area (Å²) in [6.45, 7) is 20.0. The van der Waals surface area contributed by atoms with E-state index in [0.29, 0.717) is 17.6 Å². The second-order valence-electron chi connectivity index (χ2n) is 16.4. The molecule has 2 amide bonds. The smallest absolute Gasteiger partial charge is 0.512 e. The van der Waals surface area contributed by atoms with Crippen molar-refractivity contribution in [3.63, 3.8) is 0 Å². The summed E-state index contributed by atoms with van der Waals surface area (Å²) < 4.78 is 27.6. The second kappa shape index (κ2) is 18.2. The first-order valence-electron chi connectivity index (χ1n) is 20.2. The second-order valence-corrected chi connectivity index (χ2v) is 17.4. The Morgan fingerprint density at radius 3 is 1.55 bits per heavy atom. The molecule has 2 atom stereocenters. The summed E-state index contributed by atoms with van der Waals surface area (Å²) in [5, 5.41) is 6.25. The van der Waals surface area contributed by atoms with Gasteiger partial charge < -0.3 is 32.8 Å². The number of halogens is 2. The van der Waals surface area contributed by atoms with Gasteiger partial charge in [0.2, 0.25) is 0 Å². The predicted molar refractivity (Wildman–Crippen MR) is 220 cm³/mol. The molecule has 12 nitrogen and oxygen atoms in total. The van der Waals surface area contributed by atoms with E-state index >= 15 is 0 Å². The van der Waals surface area contributed by atoms with Crippen LogP contribution in [0.4, 0.5) is 10.1 Å². The zero-order valence-corrected chi connectivity index (χ0v) is 36.6. The van der Waals surface area contributed by atoms with E-state index in [1.165, 1.54) is 5.56 Å². The SMILES string of the molecule is COC1CCC2(CC1)Cc1ccc(Br)cc1C21N=C(N)N(C(C)C)C1=O.[2H]CF.[C-]#N.[C-]#[N+]c1ccc2c(c1)C1(N=C(N)N(C(C)C)C1=O)C1(CCC(OC)CC1)C2.[Cu+]. The molecule has 4 aliphatic carbocycles. The molecule has 2 aromatic carbocycles. The van der Waals surface area contributed by atoms with Crippen LogP contribution in [0.1, 0.15) is 103 Å². The van der Waals surface area contributed by atoms with E-state index in [-0.39, 0.29) is 64.0 Å². The van der Waals surface area contributed by atoms with Crippen LogP contribution in [0.2, 0.25) is 0 Å². The summed E-state index contributed by atoms with van der Waals surface area (Å²) in [5.74, 6) is 0.653. The Hall–Kier alpha value is -3.85. The maximum Gasteiger partial charge on any atom is 1.00 e. The van der Waals surface area contributed by atoms with Gasteiger partial charge in [-0.15, -0.1) is 0 Å². The fraction of sp³-hybridized carbons (Fsp3) is 0.581. The van der Waals surface area contributed by atoms with Gasteiger partial charge in [0.25, 0.3) is 11.8 Å². The van der Waals surface area contributed by atoms with Crippen LogP contribution in [-0.4, -0.2) is 79.2 Å². The molecule has 0 saturated heterocycles. The van der Waals surface area contributed by atoms with Crippen molar-refractivity contribution in [2.75, 3.05) is 21.4 Å². The van der Waals surface area contributed by atoms with Gasteiger partial charge in [-0.2, -0.15) is 0 Å². The van der Waals surface area contributed by atoms with Crippen molar-refractivity contribution in [1.82, 2.24) is 9.80 Å². The van der Waals surface area contributed by atoms with Crippen molar-refractivity contribution in [3.8, 4) is 0 Å². The number of hydrogen-bond donors (Lipinski definition) is 2. The van der Waals surface area contributed by atoms with Crippen molar-refractivity contribution in [2.45, 2.75) is 127 Å². The Kier molecular flexibility index (Phi) is 14.2. The third-order valence-corrected chi connectivity index (χ3v) is 13.8. The summed E-state index contributed by atoms with van der Waals surface area (Å²) in [6.07, 6.45) is 9.48. The van der Waals surface area contributed by atoms with E-state index in [1.807, 2.05) is 45.9 Å². The van der Waals surface area contributed by atoms with E-state index in [1.54, 1.807) is 24.0 Å². The molecule has 6 aliphatic rings. The minimum atomic E-state index is -1.00. The summed E-state index contributed by atoms with van der Waals surface area (Å²) in [5.41, 5.74) is 14.9. The number of hydrogen-bond acceptors (Lipinski definition) is 9. The van der Waals surface area contributed by atoms with E-state index in [9.17, 15) is 14.0 Å². The molecule has 316 valence electrons. The first kappa shape index (κ1) is 45.2. The number of fused-ring (bicyclic) bond motifs is 6. The van der Waals surface area contributed by atoms with E-state index < -0.39 is 18.2 Å². The van der Waals surface area contributed by atoms with Crippen LogP contribution in [0.25, 0.3) is 4.85 Å². The Bertz CT molecular complexity index is 2010. The van der Waals surface area contributed by atoms with E-state index in [4.69, 9.17) is 50.7 Å². The fourth-order valence-electron chi connectivity index (χ4n) is 10.7. The normalized spacial score (nSPS) is 30.4. The van der Waals surface area contributed by atoms with Gasteiger partial charge in [0, 0.05) is 41.6 Å². The molecule has 0 bridgehead atoms. The number of amides is 2. The molecule has 2 saturated carbocycles. The molecule has 8 rings (SSSR count). The number of rotatable bonds is 4. The van der Waals surface area contributed by atoms with Gasteiger partial charge in [-0.3, -0.25) is 23.8 Å². The summed E-state index contributed by atoms with van der Waals surface area (Å²) in [6, 6.07) is 11.9. The van der Waals surface area contributed by atoms with Gasteiger partial charge in [0.15, 0.2) is 28.7 Å². The number of benzene rings is 2. The Balaban J connectivity index is 0.000000232. The Morgan fingerprint density at radius 2 is 1.21 bits per heavy atom. The van der Waals surface area contributed by atoms with Gasteiger partial charge >= 0.3 is 17.1 Å². The standard InChI is InChI=1S/C21H26N4O2.C20H26BrN3O2.CH3F.CN.Cu/c1-13(2)25-18(26)21(24-19(25)22)17-11-15(23-3)6-5-14(17)12-20(21)9-7-16(27-4)8-10-20;1-12(2)24-17(25)20(23-18(24)22)16-10-14(21)5-4-13(16)11-19(20)8-6-15(26-3)7-9-19;2*1-2;/h5-6,11,13,16H,7-10,12H2,1-2,4H3,(H2,22,24);4-5,10,12,15H,6-9,11H2,1-3H3,(H2,22,23);1H3;;/q;;;-1;+1/i;;1D;;. The number of ether oxygens (including phenoxy) is 2. The van der Waals surface area contributed by atoms with Crippen LogP contribution in [0.3, 0.4) is 0 Å². The van der Waals surface area contributed by atoms with Crippen molar-refractivity contribution in [3.05, 3.63) is 81.1 Å². The number of guanidine groups is 2. The molecule has 2 aromatic rings. The van der Waals surface area contributed by atoms with Gasteiger partial charge in [-0.1, -0.05) is 40.2 Å². The number of carbonyl (C=O) groups is 2. The zero-order valence-electron chi connectivity index (χ0n) is 35.1. The largest absolute Gasteiger partial charge is 1.00 e. The molecule has 0 aromatic heterocycles. The molecule has 15 heteroatoms. The number of aliphatic imine (C=N–C) groups is 2. The average molecular weight is 911 g/mol. The molecule has 0 radical (unpaired) electrons. The molecule has 58 heavy (non-hydrogen) atoms. The molecule has 2 unspecified atom stereocenters. The van der Waals surface area contributed by atoms with E-state index in [0.717, 1.165) is 85.4 Å². The first-order valence-corrected chi connectivity index (χ1v) is 20.2. The topological polar surface area (TPSA) is 164 Å². The predicted octanol–water partition coefficient (Wildman–Crippen LogP) is 7.15. The van der Waals surface area contributed by atoms with Crippen LogP contribution in [-0.2, 0) is 60.1 Å². The fourth-order valence-corrected chi connectivity index (χ4v) is 11.1. The van der Waals surface area contributed by atoms with Crippen LogP contribution < -0.4 is 11.5 Å². The summed E-state index contributed by atoms with van der Waals surface area (Å²) in [4.78, 5) is 44.2. The maximum absolute atomic E-state index is 13.8. The van der Waals surface area contributed by atoms with Gasteiger partial charge in [0.05, 0.1) is 27.3 Å². The molecule has 4 N–H and O–H groups in total. The monoisotopic (exact) mass is 909 g/mol. The third-order valence-electron chi connectivity index (χ3n) is 13.3. The van der Waals surface area contributed by atoms with Crippen molar-refractivity contribution < 1.29 is 41.9 Å². The number of nitrogens with zero attached hydrogens (tertiary/aromatic N) is 6. The Morgan fingerprint density at radius 1 is 0.828 bits per heavy atom. The zero-order chi connectivity index (χ0) is 42.8. The maximum atomic E-state index is 13.8. The van der Waals surface area contributed by atoms with Gasteiger partial charge in [-0.05, 0) is 126 Å². The van der Waals surface area contributed by atoms with Crippen molar-refractivity contribution >= 4 is 45.4 Å². The molecular formula is C43H55BrCuFN8O4. The van der Waals surface area contributed by atoms with E-state index in [2.05, 4.69) is 39.0 Å². The number of alkyl halides is 1. The minimum absolute atomic E-state index is 0. The molecule has 2 fully saturated rings. The number of nitrogens with two attached hydrogens (primary N) is 2. The minimum Gasteiger partial charge on any atom is -0.512 e. The third kappa shape index (κ3) is 7.15. The van der Waals surface area contributed by atoms with Crippen LogP contribution in [0.15, 0.2) is 50.9 Å². The summed E-state index contributed by atoms with van der Waals surface area (Å²) >= 11 is 3.58. The number of methoxy groups -OCH3 is 2. The van der Waals surface area contributed by atoms with Crippen LogP contribution in [0.5, 0.6) is 0 Å². The van der Waals surface area contributed by atoms with Crippen molar-refractivity contribution in [2.24, 2.45) is 32.3 Å². The van der Waals surface area contributed by atoms with Crippen molar-refractivity contribution in [1.29, 1.82) is 5.26 Å². The van der Waals surface area contributed by atoms with Gasteiger partial charge in [-0.25, -0.2) is 14.8 Å². The van der Waals surface area contributed by atoms with Gasteiger partial charge in [0.1, 0.15) is 0 Å². The first-order chi connectivity index (χ1) is 27.6. The Labute approximate surface area is 362 Å². The molecular weight excluding hydrogens is 855 g/mol. The summed E-state index contributed by atoms with van der Waals surface area (Å²) in [7, 11) is 2.53. The van der Waals surface area contributed by atoms with Crippen LogP contribution in [0, 0.1) is 29.2 Å². The van der Waals surface area contributed by atoms with Crippen LogP contribution >= 0.6 is 15.9 Å². The number of carbonyl (C=O) groups excluding carboxylic acids is 2. The quantitative estimate of drug-likeness (QED) is 0.243.